The van der Waals surface area contributed by atoms with Crippen LogP contribution in [0.3, 0.4) is 0 Å². The van der Waals surface area contributed by atoms with Crippen LogP contribution < -0.4 is 5.32 Å². The summed E-state index contributed by atoms with van der Waals surface area (Å²) in [7, 11) is 0. The van der Waals surface area contributed by atoms with Crippen LogP contribution in [0.4, 0.5) is 0 Å². The minimum absolute atomic E-state index is 0.0902. The van der Waals surface area contributed by atoms with Crippen molar-refractivity contribution in [2.75, 3.05) is 6.54 Å². The summed E-state index contributed by atoms with van der Waals surface area (Å²) < 4.78 is 0. The maximum Gasteiger partial charge on any atom is 0.291 e. The van der Waals surface area contributed by atoms with E-state index in [1.165, 1.54) is 11.3 Å². The van der Waals surface area contributed by atoms with Crippen molar-refractivity contribution in [2.24, 2.45) is 0 Å². The maximum atomic E-state index is 11.9. The molecule has 1 atom stereocenters. The maximum absolute atomic E-state index is 11.9. The molecule has 7 heteroatoms. The van der Waals surface area contributed by atoms with Crippen molar-refractivity contribution in [3.05, 3.63) is 34.0 Å². The number of carbonyl (C=O) groups excluding carboxylic acids is 1. The van der Waals surface area contributed by atoms with Gasteiger partial charge in [-0.2, -0.15) is 11.3 Å². The lowest BCUT2D eigenvalue weighted by molar-refractivity contribution is 0.0906. The lowest BCUT2D eigenvalue weighted by atomic mass is 9.96. The third kappa shape index (κ3) is 3.43. The Morgan fingerprint density at radius 3 is 2.85 bits per heavy atom. The Hall–Kier alpha value is -1.73. The van der Waals surface area contributed by atoms with E-state index < -0.39 is 12.0 Å². The van der Waals surface area contributed by atoms with Gasteiger partial charge in [0.25, 0.3) is 5.91 Å². The van der Waals surface area contributed by atoms with Crippen molar-refractivity contribution in [3.63, 3.8) is 0 Å². The second-order valence-electron chi connectivity index (χ2n) is 5.54. The minimum atomic E-state index is -0.716. The lowest BCUT2D eigenvalue weighted by Crippen LogP contribution is -2.29. The van der Waals surface area contributed by atoms with Crippen molar-refractivity contribution in [1.29, 1.82) is 0 Å². The molecule has 0 spiro atoms. The summed E-state index contributed by atoms with van der Waals surface area (Å²) in [6, 6.07) is 1.83. The monoisotopic (exact) mass is 294 g/mol. The predicted molar refractivity (Wildman–Crippen MR) is 76.7 cm³/mol. The van der Waals surface area contributed by atoms with E-state index in [9.17, 15) is 9.90 Å². The van der Waals surface area contributed by atoms with E-state index in [1.54, 1.807) is 0 Å². The smallest absolute Gasteiger partial charge is 0.291 e. The van der Waals surface area contributed by atoms with Crippen LogP contribution in [0.15, 0.2) is 16.8 Å². The highest BCUT2D eigenvalue weighted by Gasteiger charge is 2.21. The van der Waals surface area contributed by atoms with E-state index in [0.29, 0.717) is 5.82 Å². The van der Waals surface area contributed by atoms with Gasteiger partial charge < -0.3 is 10.4 Å². The summed E-state index contributed by atoms with van der Waals surface area (Å²) in [5.41, 5.74) is 0.600. The van der Waals surface area contributed by atoms with Gasteiger partial charge in [0.05, 0.1) is 6.10 Å². The molecule has 0 fully saturated rings. The number of H-pyrrole nitrogens is 1. The topological polar surface area (TPSA) is 90.9 Å². The molecule has 2 aromatic rings. The van der Waals surface area contributed by atoms with Crippen LogP contribution >= 0.6 is 11.3 Å². The van der Waals surface area contributed by atoms with E-state index in [0.717, 1.165) is 5.56 Å². The number of nitrogens with zero attached hydrogens (tertiary/aromatic N) is 2. The largest absolute Gasteiger partial charge is 0.387 e. The van der Waals surface area contributed by atoms with Crippen LogP contribution in [0.2, 0.25) is 0 Å². The molecular formula is C13H18N4O2S. The number of thiophene rings is 1. The van der Waals surface area contributed by atoms with E-state index in [4.69, 9.17) is 0 Å². The molecule has 0 saturated heterocycles. The van der Waals surface area contributed by atoms with Gasteiger partial charge in [0.1, 0.15) is 5.82 Å². The Kier molecular flexibility index (Phi) is 4.20. The summed E-state index contributed by atoms with van der Waals surface area (Å²) in [5, 5.41) is 22.9. The zero-order valence-corrected chi connectivity index (χ0v) is 12.5. The molecule has 20 heavy (non-hydrogen) atoms. The van der Waals surface area contributed by atoms with Crippen LogP contribution in [-0.4, -0.2) is 32.7 Å². The number of rotatable bonds is 4. The summed E-state index contributed by atoms with van der Waals surface area (Å²) >= 11 is 1.50. The van der Waals surface area contributed by atoms with E-state index in [-0.39, 0.29) is 17.8 Å². The third-order valence-electron chi connectivity index (χ3n) is 2.78. The van der Waals surface area contributed by atoms with Crippen molar-refractivity contribution in [3.8, 4) is 0 Å². The zero-order valence-electron chi connectivity index (χ0n) is 11.7. The van der Waals surface area contributed by atoms with Crippen LogP contribution in [0.1, 0.15) is 48.9 Å². The number of aliphatic hydroxyl groups is 1. The first-order valence-corrected chi connectivity index (χ1v) is 7.23. The molecule has 2 heterocycles. The normalized spacial score (nSPS) is 13.2. The number of aromatic nitrogens is 3. The van der Waals surface area contributed by atoms with Gasteiger partial charge in [-0.05, 0) is 22.4 Å². The Bertz CT molecular complexity index is 571. The summed E-state index contributed by atoms with van der Waals surface area (Å²) in [6.07, 6.45) is -0.716. The lowest BCUT2D eigenvalue weighted by Gasteiger charge is -2.12. The van der Waals surface area contributed by atoms with Gasteiger partial charge in [0.2, 0.25) is 5.82 Å². The molecule has 3 N–H and O–H groups in total. The molecule has 0 aliphatic heterocycles. The quantitative estimate of drug-likeness (QED) is 0.799. The van der Waals surface area contributed by atoms with E-state index in [1.807, 2.05) is 37.6 Å². The van der Waals surface area contributed by atoms with Gasteiger partial charge in [-0.3, -0.25) is 9.89 Å². The first kappa shape index (κ1) is 14.7. The number of aliphatic hydroxyl groups excluding tert-OH is 1. The van der Waals surface area contributed by atoms with E-state index >= 15 is 0 Å². The molecule has 6 nitrogen and oxygen atoms in total. The SMILES string of the molecule is CC(C)(C)c1nc(C(=O)NCC(O)c2ccsc2)n[nH]1. The number of aromatic amines is 1. The van der Waals surface area contributed by atoms with Gasteiger partial charge in [-0.1, -0.05) is 20.8 Å². The van der Waals surface area contributed by atoms with Crippen molar-refractivity contribution in [2.45, 2.75) is 32.3 Å². The molecule has 1 unspecified atom stereocenters. The van der Waals surface area contributed by atoms with Gasteiger partial charge in [-0.25, -0.2) is 4.98 Å². The number of nitrogens with one attached hydrogen (secondary N) is 2. The van der Waals surface area contributed by atoms with Gasteiger partial charge in [0.15, 0.2) is 0 Å². The van der Waals surface area contributed by atoms with Crippen molar-refractivity contribution < 1.29 is 9.90 Å². The Labute approximate surface area is 121 Å². The first-order valence-electron chi connectivity index (χ1n) is 6.29. The van der Waals surface area contributed by atoms with E-state index in [2.05, 4.69) is 20.5 Å². The summed E-state index contributed by atoms with van der Waals surface area (Å²) in [5.74, 6) is 0.347. The molecule has 0 radical (unpaired) electrons. The minimum Gasteiger partial charge on any atom is -0.387 e. The molecule has 2 rings (SSSR count). The van der Waals surface area contributed by atoms with Gasteiger partial charge in [-0.15, -0.1) is 5.10 Å². The van der Waals surface area contributed by atoms with Crippen LogP contribution in [0, 0.1) is 0 Å². The molecule has 1 amide bonds. The highest BCUT2D eigenvalue weighted by atomic mass is 32.1. The average molecular weight is 294 g/mol. The molecule has 0 bridgehead atoms. The third-order valence-corrected chi connectivity index (χ3v) is 3.48. The second-order valence-corrected chi connectivity index (χ2v) is 6.32. The van der Waals surface area contributed by atoms with Crippen LogP contribution in [-0.2, 0) is 5.41 Å². The van der Waals surface area contributed by atoms with Crippen LogP contribution in [0.5, 0.6) is 0 Å². The van der Waals surface area contributed by atoms with Crippen LogP contribution in [0.25, 0.3) is 0 Å². The highest BCUT2D eigenvalue weighted by molar-refractivity contribution is 7.07. The number of amides is 1. The average Bonchev–Trinajstić information content (AvgIpc) is 3.04. The van der Waals surface area contributed by atoms with Crippen molar-refractivity contribution >= 4 is 17.2 Å². The number of carbonyl (C=O) groups is 1. The number of hydrogen-bond donors (Lipinski definition) is 3. The predicted octanol–water partition coefficient (Wildman–Crippen LogP) is 1.63. The first-order chi connectivity index (χ1) is 9.38. The molecule has 108 valence electrons. The Morgan fingerprint density at radius 2 is 2.30 bits per heavy atom. The molecule has 0 aliphatic carbocycles. The van der Waals surface area contributed by atoms with Crippen molar-refractivity contribution in [1.82, 2.24) is 20.5 Å². The Balaban J connectivity index is 1.94. The molecular weight excluding hydrogens is 276 g/mol. The Morgan fingerprint density at radius 1 is 1.55 bits per heavy atom. The molecule has 0 aliphatic rings. The molecule has 2 aromatic heterocycles. The molecule has 0 aromatic carbocycles. The second kappa shape index (κ2) is 5.72. The van der Waals surface area contributed by atoms with Gasteiger partial charge in [0, 0.05) is 12.0 Å². The fourth-order valence-corrected chi connectivity index (χ4v) is 2.26. The number of hydrogen-bond acceptors (Lipinski definition) is 5. The fourth-order valence-electron chi connectivity index (χ4n) is 1.55. The fraction of sp³-hybridized carbons (Fsp3) is 0.462. The summed E-state index contributed by atoms with van der Waals surface area (Å²) in [6.45, 7) is 6.08. The highest BCUT2D eigenvalue weighted by Crippen LogP contribution is 2.17. The molecule has 0 saturated carbocycles. The van der Waals surface area contributed by atoms with Gasteiger partial charge >= 0.3 is 0 Å². The standard InChI is InChI=1S/C13H18N4O2S/c1-13(2,3)12-15-10(16-17-12)11(19)14-6-9(18)8-4-5-20-7-8/h4-5,7,9,18H,6H2,1-3H3,(H,14,19)(H,15,16,17). The summed E-state index contributed by atoms with van der Waals surface area (Å²) in [4.78, 5) is 16.1. The zero-order chi connectivity index (χ0) is 14.8.